The highest BCUT2D eigenvalue weighted by Crippen LogP contribution is 2.33. The number of rotatable bonds is 8. The normalized spacial score (nSPS) is 14.9. The highest BCUT2D eigenvalue weighted by molar-refractivity contribution is 7.98. The molecule has 1 aliphatic carbocycles. The molecule has 0 bridgehead atoms. The molecule has 0 unspecified atom stereocenters. The molecular weight excluding hydrogens is 378 g/mol. The zero-order valence-corrected chi connectivity index (χ0v) is 18.5. The van der Waals surface area contributed by atoms with Gasteiger partial charge in [0.1, 0.15) is 18.0 Å². The van der Waals surface area contributed by atoms with Gasteiger partial charge in [-0.1, -0.05) is 24.6 Å². The maximum Gasteiger partial charge on any atom is 0.410 e. The maximum absolute atomic E-state index is 12.1. The summed E-state index contributed by atoms with van der Waals surface area (Å²) in [6.07, 6.45) is 7.97. The zero-order chi connectivity index (χ0) is 20.7. The predicted molar refractivity (Wildman–Crippen MR) is 110 cm³/mol. The summed E-state index contributed by atoms with van der Waals surface area (Å²) < 4.78 is 7.53. The summed E-state index contributed by atoms with van der Waals surface area (Å²) in [4.78, 5) is 25.3. The SMILES string of the molecule is CSc1nnc(CCCNC(=O)CN(C)C(=O)OC(C)(C)C)n1C1CCCC1. The summed E-state index contributed by atoms with van der Waals surface area (Å²) in [7, 11) is 1.56. The van der Waals surface area contributed by atoms with E-state index in [0.717, 1.165) is 23.8 Å². The van der Waals surface area contributed by atoms with Crippen molar-refractivity contribution in [1.82, 2.24) is 25.0 Å². The smallest absolute Gasteiger partial charge is 0.410 e. The molecule has 0 radical (unpaired) electrons. The van der Waals surface area contributed by atoms with Crippen molar-refractivity contribution in [1.29, 1.82) is 0 Å². The van der Waals surface area contributed by atoms with Gasteiger partial charge in [-0.3, -0.25) is 4.79 Å². The highest BCUT2D eigenvalue weighted by atomic mass is 32.2. The van der Waals surface area contributed by atoms with Crippen molar-refractivity contribution in [3.8, 4) is 0 Å². The Hall–Kier alpha value is -1.77. The first-order valence-corrected chi connectivity index (χ1v) is 11.1. The van der Waals surface area contributed by atoms with Crippen molar-refractivity contribution in [2.45, 2.75) is 76.1 Å². The summed E-state index contributed by atoms with van der Waals surface area (Å²) >= 11 is 1.63. The predicted octanol–water partition coefficient (Wildman–Crippen LogP) is 3.03. The first-order chi connectivity index (χ1) is 13.2. The van der Waals surface area contributed by atoms with Crippen LogP contribution in [0.25, 0.3) is 0 Å². The number of hydrogen-bond donors (Lipinski definition) is 1. The second-order valence-electron chi connectivity index (χ2n) is 8.20. The van der Waals surface area contributed by atoms with Gasteiger partial charge in [0.05, 0.1) is 0 Å². The van der Waals surface area contributed by atoms with Crippen LogP contribution in [-0.4, -0.2) is 63.7 Å². The van der Waals surface area contributed by atoms with Gasteiger partial charge < -0.3 is 19.5 Å². The van der Waals surface area contributed by atoms with Crippen molar-refractivity contribution < 1.29 is 14.3 Å². The molecule has 9 heteroatoms. The van der Waals surface area contributed by atoms with E-state index in [-0.39, 0.29) is 12.5 Å². The molecule has 0 atom stereocenters. The standard InChI is InChI=1S/C19H33N5O3S/c1-19(2,3)27-18(26)23(4)13-16(25)20-12-8-11-15-21-22-17(28-5)24(15)14-9-6-7-10-14/h14H,6-13H2,1-5H3,(H,20,25). The Morgan fingerprint density at radius 3 is 2.57 bits per heavy atom. The number of amides is 2. The molecule has 0 saturated heterocycles. The molecule has 0 aromatic carbocycles. The van der Waals surface area contributed by atoms with Crippen LogP contribution >= 0.6 is 11.8 Å². The number of carbonyl (C=O) groups is 2. The molecule has 8 nitrogen and oxygen atoms in total. The van der Waals surface area contributed by atoms with Gasteiger partial charge in [-0.25, -0.2) is 4.79 Å². The third-order valence-corrected chi connectivity index (χ3v) is 5.24. The molecule has 1 fully saturated rings. The number of ether oxygens (including phenoxy) is 1. The van der Waals surface area contributed by atoms with E-state index in [9.17, 15) is 9.59 Å². The molecule has 1 aromatic heterocycles. The number of aromatic nitrogens is 3. The van der Waals surface area contributed by atoms with Crippen LogP contribution in [0.15, 0.2) is 5.16 Å². The number of aryl methyl sites for hydroxylation is 1. The number of carbonyl (C=O) groups excluding carboxylic acids is 2. The van der Waals surface area contributed by atoms with Gasteiger partial charge in [0.25, 0.3) is 0 Å². The second-order valence-corrected chi connectivity index (χ2v) is 8.97. The molecule has 1 saturated carbocycles. The van der Waals surface area contributed by atoms with Gasteiger partial charge >= 0.3 is 6.09 Å². The van der Waals surface area contributed by atoms with Gasteiger partial charge in [-0.15, -0.1) is 10.2 Å². The second kappa shape index (κ2) is 10.1. The average molecular weight is 412 g/mol. The van der Waals surface area contributed by atoms with E-state index in [2.05, 4.69) is 20.1 Å². The van der Waals surface area contributed by atoms with Crippen LogP contribution in [-0.2, 0) is 16.0 Å². The number of nitrogens with one attached hydrogen (secondary N) is 1. The van der Waals surface area contributed by atoms with E-state index in [0.29, 0.717) is 12.6 Å². The van der Waals surface area contributed by atoms with Crippen LogP contribution in [0.5, 0.6) is 0 Å². The fourth-order valence-corrected chi connectivity index (χ4v) is 3.87. The Morgan fingerprint density at radius 2 is 1.96 bits per heavy atom. The first-order valence-electron chi connectivity index (χ1n) is 9.90. The average Bonchev–Trinajstić information content (AvgIpc) is 3.25. The van der Waals surface area contributed by atoms with Gasteiger partial charge in [0.2, 0.25) is 5.91 Å². The number of thioether (sulfide) groups is 1. The fraction of sp³-hybridized carbons (Fsp3) is 0.789. The van der Waals surface area contributed by atoms with E-state index in [1.807, 2.05) is 6.26 Å². The summed E-state index contributed by atoms with van der Waals surface area (Å²) in [6.45, 7) is 5.90. The van der Waals surface area contributed by atoms with Crippen LogP contribution in [0, 0.1) is 0 Å². The fourth-order valence-electron chi connectivity index (χ4n) is 3.30. The monoisotopic (exact) mass is 411 g/mol. The van der Waals surface area contributed by atoms with Crippen LogP contribution in [0.2, 0.25) is 0 Å². The van der Waals surface area contributed by atoms with Crippen LogP contribution < -0.4 is 5.32 Å². The molecule has 28 heavy (non-hydrogen) atoms. The molecule has 1 heterocycles. The van der Waals surface area contributed by atoms with E-state index < -0.39 is 11.7 Å². The Balaban J connectivity index is 1.76. The van der Waals surface area contributed by atoms with Gasteiger partial charge in [0.15, 0.2) is 5.16 Å². The molecule has 158 valence electrons. The minimum Gasteiger partial charge on any atom is -0.444 e. The van der Waals surface area contributed by atoms with Gasteiger partial charge in [-0.05, 0) is 46.3 Å². The van der Waals surface area contributed by atoms with Crippen LogP contribution in [0.3, 0.4) is 0 Å². The highest BCUT2D eigenvalue weighted by Gasteiger charge is 2.24. The van der Waals surface area contributed by atoms with Crippen molar-refractivity contribution in [3.63, 3.8) is 0 Å². The number of hydrogen-bond acceptors (Lipinski definition) is 6. The van der Waals surface area contributed by atoms with Crippen molar-refractivity contribution in [2.75, 3.05) is 26.4 Å². The van der Waals surface area contributed by atoms with Crippen LogP contribution in [0.1, 0.15) is 64.7 Å². The quantitative estimate of drug-likeness (QED) is 0.522. The van der Waals surface area contributed by atoms with E-state index in [1.54, 1.807) is 39.6 Å². The third-order valence-electron chi connectivity index (χ3n) is 4.59. The Bertz CT molecular complexity index is 665. The maximum atomic E-state index is 12.1. The van der Waals surface area contributed by atoms with E-state index >= 15 is 0 Å². The lowest BCUT2D eigenvalue weighted by molar-refractivity contribution is -0.122. The lowest BCUT2D eigenvalue weighted by atomic mass is 10.2. The molecule has 1 aliphatic rings. The molecule has 2 rings (SSSR count). The molecule has 1 N–H and O–H groups in total. The summed E-state index contributed by atoms with van der Waals surface area (Å²) in [5, 5.41) is 12.5. The largest absolute Gasteiger partial charge is 0.444 e. The van der Waals surface area contributed by atoms with Crippen molar-refractivity contribution in [2.24, 2.45) is 0 Å². The molecule has 1 aromatic rings. The molecule has 0 aliphatic heterocycles. The summed E-state index contributed by atoms with van der Waals surface area (Å²) in [5.41, 5.74) is -0.577. The minimum atomic E-state index is -0.577. The van der Waals surface area contributed by atoms with E-state index in [4.69, 9.17) is 4.74 Å². The van der Waals surface area contributed by atoms with E-state index in [1.165, 1.54) is 30.6 Å². The topological polar surface area (TPSA) is 89.3 Å². The summed E-state index contributed by atoms with van der Waals surface area (Å²) in [6, 6.07) is 0.504. The Morgan fingerprint density at radius 1 is 1.29 bits per heavy atom. The first kappa shape index (κ1) is 22.5. The number of likely N-dealkylation sites (N-methyl/N-ethyl adjacent to an activating group) is 1. The van der Waals surface area contributed by atoms with Gasteiger partial charge in [-0.2, -0.15) is 0 Å². The number of nitrogens with zero attached hydrogens (tertiary/aromatic N) is 4. The summed E-state index contributed by atoms with van der Waals surface area (Å²) in [5.74, 6) is 0.798. The van der Waals surface area contributed by atoms with Crippen LogP contribution in [0.4, 0.5) is 4.79 Å². The lowest BCUT2D eigenvalue weighted by Crippen LogP contribution is -2.41. The molecule has 2 amide bonds. The molecule has 0 spiro atoms. The third kappa shape index (κ3) is 6.68. The Kier molecular flexibility index (Phi) is 8.15. The Labute approximate surface area is 171 Å². The zero-order valence-electron chi connectivity index (χ0n) is 17.7. The van der Waals surface area contributed by atoms with Gasteiger partial charge in [0, 0.05) is 26.1 Å². The lowest BCUT2D eigenvalue weighted by Gasteiger charge is -2.24. The van der Waals surface area contributed by atoms with Crippen molar-refractivity contribution in [3.05, 3.63) is 5.82 Å². The molecular formula is C19H33N5O3S. The minimum absolute atomic E-state index is 0.0240. The van der Waals surface area contributed by atoms with Crippen molar-refractivity contribution >= 4 is 23.8 Å².